The summed E-state index contributed by atoms with van der Waals surface area (Å²) in [6.45, 7) is 3.44. The molecule has 0 aliphatic heterocycles. The number of fused-ring (bicyclic) bond motifs is 1. The summed E-state index contributed by atoms with van der Waals surface area (Å²) in [5.74, 6) is 0.548. The van der Waals surface area contributed by atoms with Gasteiger partial charge in [-0.15, -0.1) is 0 Å². The summed E-state index contributed by atoms with van der Waals surface area (Å²) < 4.78 is 35.0. The van der Waals surface area contributed by atoms with Crippen molar-refractivity contribution in [1.82, 2.24) is 8.94 Å². The van der Waals surface area contributed by atoms with Gasteiger partial charge in [-0.3, -0.25) is 4.79 Å². The zero-order valence-corrected chi connectivity index (χ0v) is 16.1. The van der Waals surface area contributed by atoms with Crippen LogP contribution < -0.4 is 10.3 Å². The highest BCUT2D eigenvalue weighted by atomic mass is 32.2. The molecule has 0 spiro atoms. The van der Waals surface area contributed by atoms with Gasteiger partial charge in [0.1, 0.15) is 5.76 Å². The third-order valence-corrected chi connectivity index (χ3v) is 6.57. The van der Waals surface area contributed by atoms with Crippen LogP contribution in [0.1, 0.15) is 11.5 Å². The van der Waals surface area contributed by atoms with Crippen LogP contribution in [0.5, 0.6) is 0 Å². The quantitative estimate of drug-likeness (QED) is 0.565. The summed E-state index contributed by atoms with van der Waals surface area (Å²) >= 11 is 1.31. The second-order valence-corrected chi connectivity index (χ2v) is 8.62. The van der Waals surface area contributed by atoms with E-state index in [1.165, 1.54) is 27.6 Å². The molecule has 27 heavy (non-hydrogen) atoms. The van der Waals surface area contributed by atoms with Gasteiger partial charge in [-0.05, 0) is 50.2 Å². The smallest absolute Gasteiger partial charge is 0.309 e. The van der Waals surface area contributed by atoms with E-state index < -0.39 is 10.0 Å². The van der Waals surface area contributed by atoms with E-state index in [-0.39, 0.29) is 16.5 Å². The van der Waals surface area contributed by atoms with E-state index in [9.17, 15) is 13.2 Å². The minimum atomic E-state index is -3.84. The lowest BCUT2D eigenvalue weighted by molar-refractivity contribution is 0.541. The molecule has 4 rings (SSSR count). The van der Waals surface area contributed by atoms with Crippen molar-refractivity contribution in [2.75, 3.05) is 4.72 Å². The van der Waals surface area contributed by atoms with Crippen LogP contribution in [0.4, 0.5) is 6.01 Å². The van der Waals surface area contributed by atoms with Crippen molar-refractivity contribution in [1.29, 1.82) is 0 Å². The van der Waals surface area contributed by atoms with E-state index >= 15 is 0 Å². The van der Waals surface area contributed by atoms with Crippen molar-refractivity contribution >= 4 is 37.7 Å². The van der Waals surface area contributed by atoms with Crippen molar-refractivity contribution < 1.29 is 12.8 Å². The second-order valence-electron chi connectivity index (χ2n) is 5.95. The zero-order valence-electron chi connectivity index (χ0n) is 14.5. The molecule has 2 aromatic heterocycles. The summed E-state index contributed by atoms with van der Waals surface area (Å²) in [5, 5.41) is 0.635. The molecular formula is C18H15N3O4S2. The number of oxazole rings is 1. The molecule has 0 aliphatic carbocycles. The lowest BCUT2D eigenvalue weighted by Crippen LogP contribution is -2.14. The highest BCUT2D eigenvalue weighted by molar-refractivity contribution is 7.92. The van der Waals surface area contributed by atoms with Crippen LogP contribution in [0.15, 0.2) is 62.6 Å². The largest absolute Gasteiger partial charge is 0.428 e. The third kappa shape index (κ3) is 3.15. The molecular weight excluding hydrogens is 386 g/mol. The molecule has 9 heteroatoms. The number of benzene rings is 2. The molecule has 1 N–H and O–H groups in total. The summed E-state index contributed by atoms with van der Waals surface area (Å²) in [6.07, 6.45) is 0. The Kier molecular flexibility index (Phi) is 4.12. The number of nitrogens with zero attached hydrogens (tertiary/aromatic N) is 2. The van der Waals surface area contributed by atoms with Gasteiger partial charge in [0.15, 0.2) is 0 Å². The van der Waals surface area contributed by atoms with Crippen molar-refractivity contribution in [3.8, 4) is 5.69 Å². The van der Waals surface area contributed by atoms with Gasteiger partial charge in [0.2, 0.25) is 0 Å². The Morgan fingerprint density at radius 1 is 1.07 bits per heavy atom. The molecule has 2 heterocycles. The van der Waals surface area contributed by atoms with E-state index in [0.29, 0.717) is 22.5 Å². The van der Waals surface area contributed by atoms with Gasteiger partial charge >= 0.3 is 6.01 Å². The number of sulfonamides is 1. The molecule has 7 nitrogen and oxygen atoms in total. The topological polar surface area (TPSA) is 94.2 Å². The van der Waals surface area contributed by atoms with E-state index in [1.54, 1.807) is 32.0 Å². The first kappa shape index (κ1) is 17.5. The minimum Gasteiger partial charge on any atom is -0.428 e. The summed E-state index contributed by atoms with van der Waals surface area (Å²) in [6, 6.07) is 13.3. The molecule has 0 atom stereocenters. The lowest BCUT2D eigenvalue weighted by Gasteiger charge is -2.06. The molecule has 2 aromatic carbocycles. The maximum atomic E-state index is 12.5. The van der Waals surface area contributed by atoms with Crippen LogP contribution in [-0.2, 0) is 10.0 Å². The zero-order chi connectivity index (χ0) is 19.2. The van der Waals surface area contributed by atoms with Gasteiger partial charge in [0, 0.05) is 0 Å². The summed E-state index contributed by atoms with van der Waals surface area (Å²) in [7, 11) is -3.84. The number of aryl methyl sites for hydroxylation is 2. The summed E-state index contributed by atoms with van der Waals surface area (Å²) in [4.78, 5) is 16.6. The van der Waals surface area contributed by atoms with Gasteiger partial charge in [0.25, 0.3) is 15.6 Å². The van der Waals surface area contributed by atoms with E-state index in [1.807, 2.05) is 18.2 Å². The van der Waals surface area contributed by atoms with Gasteiger partial charge in [-0.25, -0.2) is 17.1 Å². The number of anilines is 1. The molecule has 0 aliphatic rings. The third-order valence-electron chi connectivity index (χ3n) is 4.12. The average Bonchev–Trinajstić information content (AvgIpc) is 3.14. The van der Waals surface area contributed by atoms with Crippen molar-refractivity contribution in [2.45, 2.75) is 18.7 Å². The molecule has 0 saturated heterocycles. The fourth-order valence-electron chi connectivity index (χ4n) is 2.59. The SMILES string of the molecule is Cc1nc(NS(=O)(=O)c2ccc(-n3sc4ccccc4c3=O)cc2)oc1C. The maximum absolute atomic E-state index is 12.5. The lowest BCUT2D eigenvalue weighted by atomic mass is 10.3. The van der Waals surface area contributed by atoms with Crippen LogP contribution in [0.3, 0.4) is 0 Å². The van der Waals surface area contributed by atoms with Crippen molar-refractivity contribution in [3.63, 3.8) is 0 Å². The number of hydrogen-bond donors (Lipinski definition) is 1. The molecule has 0 fully saturated rings. The molecule has 0 bridgehead atoms. The molecule has 4 aromatic rings. The number of hydrogen-bond acceptors (Lipinski definition) is 6. The van der Waals surface area contributed by atoms with E-state index in [0.717, 1.165) is 4.70 Å². The first-order valence-corrected chi connectivity index (χ1v) is 10.3. The van der Waals surface area contributed by atoms with Crippen LogP contribution >= 0.6 is 11.5 Å². The van der Waals surface area contributed by atoms with Gasteiger partial charge in [-0.2, -0.15) is 4.98 Å². The predicted molar refractivity (Wildman–Crippen MR) is 104 cm³/mol. The fourth-order valence-corrected chi connectivity index (χ4v) is 4.52. The summed E-state index contributed by atoms with van der Waals surface area (Å²) in [5.41, 5.74) is 1.09. The number of aromatic nitrogens is 2. The fraction of sp³-hybridized carbons (Fsp3) is 0.111. The van der Waals surface area contributed by atoms with Gasteiger partial charge in [-0.1, -0.05) is 23.7 Å². The number of rotatable bonds is 4. The first-order chi connectivity index (χ1) is 12.8. The first-order valence-electron chi connectivity index (χ1n) is 8.03. The van der Waals surface area contributed by atoms with Crippen LogP contribution in [0.2, 0.25) is 0 Å². The monoisotopic (exact) mass is 401 g/mol. The minimum absolute atomic E-state index is 0.0499. The Balaban J connectivity index is 1.66. The standard InChI is InChI=1S/C18H15N3O4S2/c1-11-12(2)25-18(19-11)20-27(23,24)14-9-7-13(8-10-14)21-17(22)15-5-3-4-6-16(15)26-21/h3-10H,1-2H3,(H,19,20). The van der Waals surface area contributed by atoms with Gasteiger partial charge in [0.05, 0.1) is 26.4 Å². The Hall–Kier alpha value is -2.91. The van der Waals surface area contributed by atoms with Gasteiger partial charge < -0.3 is 4.42 Å². The van der Waals surface area contributed by atoms with E-state index in [2.05, 4.69) is 9.71 Å². The van der Waals surface area contributed by atoms with Crippen LogP contribution in [0.25, 0.3) is 15.8 Å². The van der Waals surface area contributed by atoms with Crippen LogP contribution in [0, 0.1) is 13.8 Å². The predicted octanol–water partition coefficient (Wildman–Crippen LogP) is 3.46. The molecule has 0 amide bonds. The Bertz CT molecular complexity index is 1280. The molecule has 138 valence electrons. The average molecular weight is 401 g/mol. The normalized spacial score (nSPS) is 11.8. The van der Waals surface area contributed by atoms with E-state index in [4.69, 9.17) is 4.42 Å². The Labute approximate surface area is 159 Å². The highest BCUT2D eigenvalue weighted by Gasteiger charge is 2.18. The second kappa shape index (κ2) is 6.36. The highest BCUT2D eigenvalue weighted by Crippen LogP contribution is 2.22. The van der Waals surface area contributed by atoms with Crippen LogP contribution in [-0.4, -0.2) is 17.4 Å². The van der Waals surface area contributed by atoms with Crippen molar-refractivity contribution in [3.05, 3.63) is 70.3 Å². The number of nitrogens with one attached hydrogen (secondary N) is 1. The molecule has 0 radical (unpaired) electrons. The Morgan fingerprint density at radius 2 is 1.78 bits per heavy atom. The molecule has 0 saturated carbocycles. The van der Waals surface area contributed by atoms with Crippen molar-refractivity contribution in [2.24, 2.45) is 0 Å². The Morgan fingerprint density at radius 3 is 2.41 bits per heavy atom. The maximum Gasteiger partial charge on any atom is 0.309 e. The molecule has 0 unspecified atom stereocenters.